The van der Waals surface area contributed by atoms with Crippen molar-refractivity contribution >= 4 is 5.97 Å². The second-order valence-electron chi connectivity index (χ2n) is 6.20. The number of hydrogen-bond acceptors (Lipinski definition) is 2. The molecule has 0 bridgehead atoms. The lowest BCUT2D eigenvalue weighted by molar-refractivity contribution is -0.137. The first-order valence-electron chi connectivity index (χ1n) is 9.13. The number of carboxylic acid groups (broad SMARTS) is 1. The van der Waals surface area contributed by atoms with Gasteiger partial charge >= 0.3 is 5.97 Å². The van der Waals surface area contributed by atoms with Crippen LogP contribution in [0.25, 0.3) is 0 Å². The van der Waals surface area contributed by atoms with E-state index in [1.54, 1.807) is 0 Å². The molecule has 1 aromatic rings. The van der Waals surface area contributed by atoms with Crippen molar-refractivity contribution in [3.05, 3.63) is 29.3 Å². The van der Waals surface area contributed by atoms with Crippen LogP contribution in [0.15, 0.2) is 18.2 Å². The van der Waals surface area contributed by atoms with E-state index in [-0.39, 0.29) is 6.42 Å². The normalized spacial score (nSPS) is 10.7. The van der Waals surface area contributed by atoms with Crippen molar-refractivity contribution in [1.29, 1.82) is 0 Å². The lowest BCUT2D eigenvalue weighted by Crippen LogP contribution is -2.04. The van der Waals surface area contributed by atoms with Crippen LogP contribution in [0.3, 0.4) is 0 Å². The van der Waals surface area contributed by atoms with Gasteiger partial charge in [0.05, 0.1) is 6.61 Å². The van der Waals surface area contributed by atoms with E-state index in [1.165, 1.54) is 49.7 Å². The van der Waals surface area contributed by atoms with Gasteiger partial charge in [-0.2, -0.15) is 0 Å². The Labute approximate surface area is 141 Å². The summed E-state index contributed by atoms with van der Waals surface area (Å²) in [6.45, 7) is 4.91. The van der Waals surface area contributed by atoms with Crippen LogP contribution in [0.1, 0.15) is 76.3 Å². The summed E-state index contributed by atoms with van der Waals surface area (Å²) in [5.74, 6) is 0.175. The molecular weight excluding hydrogens is 288 g/mol. The molecule has 0 radical (unpaired) electrons. The molecule has 1 N–H and O–H groups in total. The van der Waals surface area contributed by atoms with Crippen molar-refractivity contribution in [3.63, 3.8) is 0 Å². The van der Waals surface area contributed by atoms with Crippen molar-refractivity contribution in [1.82, 2.24) is 0 Å². The fraction of sp³-hybridized carbons (Fsp3) is 0.650. The van der Waals surface area contributed by atoms with Gasteiger partial charge < -0.3 is 9.84 Å². The Kier molecular flexibility index (Phi) is 10.2. The molecule has 23 heavy (non-hydrogen) atoms. The molecule has 0 saturated heterocycles. The maximum absolute atomic E-state index is 10.6. The highest BCUT2D eigenvalue weighted by Gasteiger charge is 2.06. The fourth-order valence-corrected chi connectivity index (χ4v) is 2.67. The number of ether oxygens (including phenoxy) is 1. The number of carboxylic acids is 1. The molecule has 0 heterocycles. The number of carbonyl (C=O) groups is 1. The number of aryl methyl sites for hydroxylation is 2. The molecule has 1 aromatic carbocycles. The highest BCUT2D eigenvalue weighted by Crippen LogP contribution is 2.24. The molecule has 0 saturated carbocycles. The average Bonchev–Trinajstić information content (AvgIpc) is 2.53. The van der Waals surface area contributed by atoms with Crippen LogP contribution >= 0.6 is 0 Å². The molecule has 0 aromatic heterocycles. The van der Waals surface area contributed by atoms with Crippen LogP contribution in [0.5, 0.6) is 5.75 Å². The van der Waals surface area contributed by atoms with Crippen LogP contribution in [0, 0.1) is 0 Å². The highest BCUT2D eigenvalue weighted by molar-refractivity contribution is 5.66. The van der Waals surface area contributed by atoms with Gasteiger partial charge in [0.2, 0.25) is 0 Å². The molecule has 0 spiro atoms. The summed E-state index contributed by atoms with van der Waals surface area (Å²) >= 11 is 0. The fourth-order valence-electron chi connectivity index (χ4n) is 2.67. The molecule has 0 fully saturated rings. The Bertz CT molecular complexity index is 454. The molecule has 0 amide bonds. The smallest absolute Gasteiger partial charge is 0.303 e. The van der Waals surface area contributed by atoms with Crippen LogP contribution in [0.4, 0.5) is 0 Å². The molecule has 0 aliphatic heterocycles. The van der Waals surface area contributed by atoms with Gasteiger partial charge in [0.25, 0.3) is 0 Å². The quantitative estimate of drug-likeness (QED) is 0.495. The summed E-state index contributed by atoms with van der Waals surface area (Å²) in [6, 6.07) is 6.52. The summed E-state index contributed by atoms with van der Waals surface area (Å²) in [4.78, 5) is 10.6. The molecule has 1 rings (SSSR count). The minimum absolute atomic E-state index is 0.167. The first-order valence-corrected chi connectivity index (χ1v) is 9.13. The van der Waals surface area contributed by atoms with E-state index in [2.05, 4.69) is 32.0 Å². The van der Waals surface area contributed by atoms with E-state index in [1.807, 2.05) is 0 Å². The zero-order valence-electron chi connectivity index (χ0n) is 14.8. The number of unbranched alkanes of at least 4 members (excludes halogenated alkanes) is 4. The number of aliphatic carboxylic acids is 1. The largest absolute Gasteiger partial charge is 0.493 e. The average molecular weight is 320 g/mol. The number of rotatable bonds is 13. The third kappa shape index (κ3) is 8.63. The molecule has 0 unspecified atom stereocenters. The maximum atomic E-state index is 10.6. The van der Waals surface area contributed by atoms with Crippen LogP contribution in [-0.4, -0.2) is 17.7 Å². The van der Waals surface area contributed by atoms with Crippen molar-refractivity contribution in [3.8, 4) is 5.75 Å². The highest BCUT2D eigenvalue weighted by atomic mass is 16.5. The third-order valence-electron chi connectivity index (χ3n) is 4.04. The van der Waals surface area contributed by atoms with Gasteiger partial charge in [-0.3, -0.25) is 4.79 Å². The SMILES string of the molecule is CCCCCc1ccc(OCCCC(=O)O)c(CCCCC)c1. The van der Waals surface area contributed by atoms with E-state index in [0.717, 1.165) is 18.6 Å². The van der Waals surface area contributed by atoms with Gasteiger partial charge in [-0.05, 0) is 49.3 Å². The number of benzene rings is 1. The summed E-state index contributed by atoms with van der Waals surface area (Å²) in [7, 11) is 0. The zero-order valence-corrected chi connectivity index (χ0v) is 14.8. The molecule has 0 aliphatic rings. The van der Waals surface area contributed by atoms with E-state index in [0.29, 0.717) is 13.0 Å². The van der Waals surface area contributed by atoms with Gasteiger partial charge in [-0.1, -0.05) is 51.7 Å². The predicted octanol–water partition coefficient (Wildman–Crippen LogP) is 5.40. The Morgan fingerprint density at radius 1 is 1.00 bits per heavy atom. The van der Waals surface area contributed by atoms with E-state index in [4.69, 9.17) is 9.84 Å². The first kappa shape index (κ1) is 19.5. The van der Waals surface area contributed by atoms with Crippen molar-refractivity contribution < 1.29 is 14.6 Å². The molecule has 3 heteroatoms. The number of hydrogen-bond donors (Lipinski definition) is 1. The van der Waals surface area contributed by atoms with E-state index >= 15 is 0 Å². The second kappa shape index (κ2) is 12.0. The summed E-state index contributed by atoms with van der Waals surface area (Å²) < 4.78 is 5.84. The summed E-state index contributed by atoms with van der Waals surface area (Å²) in [5, 5.41) is 8.69. The lowest BCUT2D eigenvalue weighted by Gasteiger charge is -2.13. The minimum atomic E-state index is -0.761. The van der Waals surface area contributed by atoms with E-state index in [9.17, 15) is 4.79 Å². The first-order chi connectivity index (χ1) is 11.2. The molecule has 0 atom stereocenters. The van der Waals surface area contributed by atoms with Crippen LogP contribution in [0.2, 0.25) is 0 Å². The lowest BCUT2D eigenvalue weighted by atomic mass is 10.00. The Hall–Kier alpha value is -1.51. The summed E-state index contributed by atoms with van der Waals surface area (Å²) in [5.41, 5.74) is 2.67. The Morgan fingerprint density at radius 3 is 2.35 bits per heavy atom. The zero-order chi connectivity index (χ0) is 16.9. The van der Waals surface area contributed by atoms with Crippen molar-refractivity contribution in [2.75, 3.05) is 6.61 Å². The molecular formula is C20H32O3. The Morgan fingerprint density at radius 2 is 1.70 bits per heavy atom. The van der Waals surface area contributed by atoms with Crippen LogP contribution < -0.4 is 4.74 Å². The van der Waals surface area contributed by atoms with Gasteiger partial charge in [0.15, 0.2) is 0 Å². The monoisotopic (exact) mass is 320 g/mol. The molecule has 130 valence electrons. The van der Waals surface area contributed by atoms with Gasteiger partial charge in [0.1, 0.15) is 5.75 Å². The van der Waals surface area contributed by atoms with Gasteiger partial charge in [-0.25, -0.2) is 0 Å². The molecule has 0 aliphatic carbocycles. The van der Waals surface area contributed by atoms with Crippen molar-refractivity contribution in [2.45, 2.75) is 78.1 Å². The maximum Gasteiger partial charge on any atom is 0.303 e. The third-order valence-corrected chi connectivity index (χ3v) is 4.04. The van der Waals surface area contributed by atoms with E-state index < -0.39 is 5.97 Å². The van der Waals surface area contributed by atoms with Crippen LogP contribution in [-0.2, 0) is 17.6 Å². The van der Waals surface area contributed by atoms with Crippen molar-refractivity contribution in [2.24, 2.45) is 0 Å². The standard InChI is InChI=1S/C20H32O3/c1-3-5-7-10-17-13-14-19(23-15-9-12-20(21)22)18(16-17)11-8-6-4-2/h13-14,16H,3-12,15H2,1-2H3,(H,21,22). The van der Waals surface area contributed by atoms with Gasteiger partial charge in [-0.15, -0.1) is 0 Å². The predicted molar refractivity (Wildman–Crippen MR) is 95.3 cm³/mol. The van der Waals surface area contributed by atoms with Gasteiger partial charge in [0, 0.05) is 6.42 Å². The molecule has 3 nitrogen and oxygen atoms in total. The topological polar surface area (TPSA) is 46.5 Å². The summed E-state index contributed by atoms with van der Waals surface area (Å²) in [6.07, 6.45) is 10.3. The minimum Gasteiger partial charge on any atom is -0.493 e. The Balaban J connectivity index is 2.63. The second-order valence-corrected chi connectivity index (χ2v) is 6.20.